The number of carbonyl (C=O) groups is 1. The van der Waals surface area contributed by atoms with Crippen molar-refractivity contribution in [3.05, 3.63) is 70.6 Å². The molecule has 1 amide bonds. The minimum atomic E-state index is -0.654. The van der Waals surface area contributed by atoms with E-state index in [1.165, 1.54) is 0 Å². The number of anilines is 1. The van der Waals surface area contributed by atoms with Gasteiger partial charge in [-0.3, -0.25) is 9.69 Å². The summed E-state index contributed by atoms with van der Waals surface area (Å²) in [5.41, 5.74) is 1.35. The van der Waals surface area contributed by atoms with Gasteiger partial charge in [-0.2, -0.15) is 11.3 Å². The zero-order valence-corrected chi connectivity index (χ0v) is 12.8. The van der Waals surface area contributed by atoms with Gasteiger partial charge in [-0.25, -0.2) is 0 Å². The molecule has 0 bridgehead atoms. The van der Waals surface area contributed by atoms with Crippen LogP contribution in [-0.4, -0.2) is 11.6 Å². The fourth-order valence-corrected chi connectivity index (χ4v) is 3.62. The van der Waals surface area contributed by atoms with Crippen LogP contribution >= 0.6 is 11.3 Å². The van der Waals surface area contributed by atoms with E-state index in [1.807, 2.05) is 65.4 Å². The number of allylic oxidation sites excluding steroid dienone is 1. The maximum absolute atomic E-state index is 12.3. The minimum Gasteiger partial charge on any atom is -0.464 e. The van der Waals surface area contributed by atoms with E-state index in [1.54, 1.807) is 16.2 Å². The van der Waals surface area contributed by atoms with Crippen LogP contribution in [0, 0.1) is 0 Å². The molecule has 2 aromatic rings. The normalized spacial score (nSPS) is 25.4. The van der Waals surface area contributed by atoms with E-state index in [0.29, 0.717) is 12.8 Å². The number of carbonyl (C=O) groups excluding carboxylic acids is 1. The molecule has 110 valence electrons. The number of nitrogens with zero attached hydrogens (tertiary/aromatic N) is 1. The summed E-state index contributed by atoms with van der Waals surface area (Å²) in [5, 5.41) is 3.97. The number of hydrogen-bond donors (Lipinski definition) is 0. The summed E-state index contributed by atoms with van der Waals surface area (Å²) in [6, 6.07) is 12.0. The summed E-state index contributed by atoms with van der Waals surface area (Å²) < 4.78 is 6.18. The van der Waals surface area contributed by atoms with Crippen molar-refractivity contribution in [3.8, 4) is 0 Å². The third kappa shape index (κ3) is 2.16. The Morgan fingerprint density at radius 3 is 2.86 bits per heavy atom. The number of hydrogen-bond acceptors (Lipinski definition) is 3. The van der Waals surface area contributed by atoms with E-state index in [0.717, 1.165) is 17.0 Å². The maximum atomic E-state index is 12.3. The molecule has 0 aliphatic carbocycles. The first-order chi connectivity index (χ1) is 10.8. The molecule has 4 heteroatoms. The van der Waals surface area contributed by atoms with E-state index in [4.69, 9.17) is 4.74 Å². The smallest absolute Gasteiger partial charge is 0.230 e. The molecule has 3 heterocycles. The van der Waals surface area contributed by atoms with Crippen LogP contribution in [0.4, 0.5) is 5.69 Å². The Morgan fingerprint density at radius 1 is 1.23 bits per heavy atom. The number of benzene rings is 1. The van der Waals surface area contributed by atoms with Crippen LogP contribution in [0.25, 0.3) is 6.08 Å². The van der Waals surface area contributed by atoms with Gasteiger partial charge >= 0.3 is 0 Å². The van der Waals surface area contributed by atoms with Crippen molar-refractivity contribution in [1.29, 1.82) is 0 Å². The molecule has 3 nitrogen and oxygen atoms in total. The van der Waals surface area contributed by atoms with Crippen molar-refractivity contribution in [1.82, 2.24) is 0 Å². The standard InChI is InChI=1S/C18H15NO2S/c20-17-7-10-18(19(17)15-8-11-22-13-15)9-6-16(21-18)12-14-4-2-1-3-5-14/h1-6,8-9,11-13H,7,10H2/b16-12-/t18-/m0/s1. The quantitative estimate of drug-likeness (QED) is 0.832. The summed E-state index contributed by atoms with van der Waals surface area (Å²) in [5.74, 6) is 0.908. The highest BCUT2D eigenvalue weighted by molar-refractivity contribution is 7.08. The van der Waals surface area contributed by atoms with Crippen LogP contribution in [0.3, 0.4) is 0 Å². The van der Waals surface area contributed by atoms with E-state index < -0.39 is 5.72 Å². The lowest BCUT2D eigenvalue weighted by atomic mass is 10.1. The number of thiophene rings is 1. The Balaban J connectivity index is 1.65. The Kier molecular flexibility index (Phi) is 3.12. The first-order valence-electron chi connectivity index (χ1n) is 7.27. The third-order valence-electron chi connectivity index (χ3n) is 4.00. The minimum absolute atomic E-state index is 0.115. The summed E-state index contributed by atoms with van der Waals surface area (Å²) in [6.45, 7) is 0. The maximum Gasteiger partial charge on any atom is 0.230 e. The van der Waals surface area contributed by atoms with E-state index >= 15 is 0 Å². The van der Waals surface area contributed by atoms with Crippen LogP contribution in [0.5, 0.6) is 0 Å². The van der Waals surface area contributed by atoms with Gasteiger partial charge in [0.1, 0.15) is 5.76 Å². The lowest BCUT2D eigenvalue weighted by molar-refractivity contribution is -0.118. The van der Waals surface area contributed by atoms with Gasteiger partial charge in [0.15, 0.2) is 0 Å². The molecule has 0 radical (unpaired) electrons. The van der Waals surface area contributed by atoms with E-state index in [2.05, 4.69) is 0 Å². The highest BCUT2D eigenvalue weighted by Crippen LogP contribution is 2.42. The molecule has 2 aliphatic heterocycles. The Hall–Kier alpha value is -2.33. The van der Waals surface area contributed by atoms with Crippen molar-refractivity contribution < 1.29 is 9.53 Å². The van der Waals surface area contributed by atoms with E-state index in [-0.39, 0.29) is 5.91 Å². The molecule has 0 saturated carbocycles. The molecule has 1 atom stereocenters. The van der Waals surface area contributed by atoms with Crippen LogP contribution < -0.4 is 4.90 Å². The summed E-state index contributed by atoms with van der Waals surface area (Å²) in [7, 11) is 0. The van der Waals surface area contributed by atoms with Crippen LogP contribution in [0.2, 0.25) is 0 Å². The highest BCUT2D eigenvalue weighted by Gasteiger charge is 2.49. The van der Waals surface area contributed by atoms with Crippen molar-refractivity contribution in [2.24, 2.45) is 0 Å². The fraction of sp³-hybridized carbons (Fsp3) is 0.167. The second-order valence-electron chi connectivity index (χ2n) is 5.45. The van der Waals surface area contributed by atoms with Gasteiger partial charge in [0.05, 0.1) is 5.69 Å². The van der Waals surface area contributed by atoms with Crippen molar-refractivity contribution in [2.45, 2.75) is 18.6 Å². The molecule has 1 aromatic heterocycles. The molecule has 2 aliphatic rings. The average molecular weight is 309 g/mol. The molecule has 0 unspecified atom stereocenters. The van der Waals surface area contributed by atoms with Crippen LogP contribution in [-0.2, 0) is 9.53 Å². The van der Waals surface area contributed by atoms with Gasteiger partial charge in [0, 0.05) is 18.2 Å². The second-order valence-corrected chi connectivity index (χ2v) is 6.23. The number of ether oxygens (including phenoxy) is 1. The lowest BCUT2D eigenvalue weighted by Gasteiger charge is -2.32. The van der Waals surface area contributed by atoms with Crippen molar-refractivity contribution in [3.63, 3.8) is 0 Å². The predicted molar refractivity (Wildman–Crippen MR) is 88.4 cm³/mol. The fourth-order valence-electron chi connectivity index (χ4n) is 3.00. The van der Waals surface area contributed by atoms with Gasteiger partial charge in [0.2, 0.25) is 11.6 Å². The molecule has 1 saturated heterocycles. The van der Waals surface area contributed by atoms with Gasteiger partial charge in [0.25, 0.3) is 0 Å². The first kappa shape index (κ1) is 13.3. The van der Waals surface area contributed by atoms with Crippen molar-refractivity contribution >= 4 is 29.0 Å². The molecule has 22 heavy (non-hydrogen) atoms. The van der Waals surface area contributed by atoms with Crippen LogP contribution in [0.15, 0.2) is 65.1 Å². The molecule has 0 N–H and O–H groups in total. The number of amides is 1. The SMILES string of the molecule is O=C1CC[C@@]2(C=C/C(=C/c3ccccc3)O2)N1c1ccsc1. The van der Waals surface area contributed by atoms with E-state index in [9.17, 15) is 4.79 Å². The summed E-state index contributed by atoms with van der Waals surface area (Å²) >= 11 is 1.59. The zero-order chi connectivity index (χ0) is 15.0. The summed E-state index contributed by atoms with van der Waals surface area (Å²) in [6.07, 6.45) is 7.16. The molecule has 4 rings (SSSR count). The molecular weight excluding hydrogens is 294 g/mol. The third-order valence-corrected chi connectivity index (χ3v) is 4.67. The highest BCUT2D eigenvalue weighted by atomic mass is 32.1. The largest absolute Gasteiger partial charge is 0.464 e. The van der Waals surface area contributed by atoms with Crippen molar-refractivity contribution in [2.75, 3.05) is 4.90 Å². The lowest BCUT2D eigenvalue weighted by Crippen LogP contribution is -2.44. The second kappa shape index (κ2) is 5.14. The predicted octanol–water partition coefficient (Wildman–Crippen LogP) is 4.20. The van der Waals surface area contributed by atoms with Gasteiger partial charge in [-0.05, 0) is 35.2 Å². The average Bonchev–Trinajstić information content (AvgIpc) is 3.24. The van der Waals surface area contributed by atoms with Gasteiger partial charge in [-0.15, -0.1) is 0 Å². The van der Waals surface area contributed by atoms with Gasteiger partial charge < -0.3 is 4.74 Å². The molecular formula is C18H15NO2S. The monoisotopic (exact) mass is 309 g/mol. The zero-order valence-electron chi connectivity index (χ0n) is 11.9. The molecule has 1 fully saturated rings. The Bertz CT molecular complexity index is 749. The topological polar surface area (TPSA) is 29.5 Å². The Morgan fingerprint density at radius 2 is 2.09 bits per heavy atom. The van der Waals surface area contributed by atoms with Crippen LogP contribution in [0.1, 0.15) is 18.4 Å². The molecule has 1 spiro atoms. The molecule has 1 aromatic carbocycles. The summed E-state index contributed by atoms with van der Waals surface area (Å²) in [4.78, 5) is 14.1. The first-order valence-corrected chi connectivity index (χ1v) is 8.21. The van der Waals surface area contributed by atoms with Gasteiger partial charge in [-0.1, -0.05) is 30.3 Å². The Labute approximate surface area is 133 Å². The number of rotatable bonds is 2.